The molecule has 0 radical (unpaired) electrons. The lowest BCUT2D eigenvalue weighted by Crippen LogP contribution is -2.51. The number of hydrogen-bond donors (Lipinski definition) is 3. The first-order valence-corrected chi connectivity index (χ1v) is 6.17. The lowest BCUT2D eigenvalue weighted by atomic mass is 10.0. The highest BCUT2D eigenvalue weighted by atomic mass is 32.2. The van der Waals surface area contributed by atoms with E-state index in [1.54, 1.807) is 11.8 Å². The van der Waals surface area contributed by atoms with Gasteiger partial charge < -0.3 is 15.7 Å². The lowest BCUT2D eigenvalue weighted by molar-refractivity contribution is -0.126. The van der Waals surface area contributed by atoms with E-state index in [0.29, 0.717) is 0 Å². The average molecular weight is 218 g/mol. The number of thioether (sulfide) groups is 1. The van der Waals surface area contributed by atoms with E-state index in [-0.39, 0.29) is 18.4 Å². The van der Waals surface area contributed by atoms with E-state index < -0.39 is 0 Å². The fourth-order valence-corrected chi connectivity index (χ4v) is 1.92. The van der Waals surface area contributed by atoms with Gasteiger partial charge in [0.2, 0.25) is 5.91 Å². The van der Waals surface area contributed by atoms with Crippen LogP contribution in [0.3, 0.4) is 0 Å². The summed E-state index contributed by atoms with van der Waals surface area (Å²) in [7, 11) is 0. The zero-order valence-electron chi connectivity index (χ0n) is 8.29. The summed E-state index contributed by atoms with van der Waals surface area (Å²) < 4.78 is 0. The minimum atomic E-state index is 0.173. The fourth-order valence-electron chi connectivity index (χ4n) is 1.13. The standard InChI is InChI=1S/C9H18N2O2S/c12-3-1-4-14-5-2-11-9(13)8-6-10-7-8/h8,10,12H,1-7H2,(H,11,13). The Morgan fingerprint density at radius 3 is 2.86 bits per heavy atom. The second-order valence-corrected chi connectivity index (χ2v) is 4.56. The minimum Gasteiger partial charge on any atom is -0.396 e. The predicted molar refractivity (Wildman–Crippen MR) is 58.4 cm³/mol. The largest absolute Gasteiger partial charge is 0.396 e. The minimum absolute atomic E-state index is 0.173. The average Bonchev–Trinajstić information content (AvgIpc) is 2.08. The SMILES string of the molecule is O=C(NCCSCCCO)C1CNC1. The molecule has 0 unspecified atom stereocenters. The van der Waals surface area contributed by atoms with Crippen molar-refractivity contribution in [2.45, 2.75) is 6.42 Å². The third kappa shape index (κ3) is 4.30. The predicted octanol–water partition coefficient (Wildman–Crippen LogP) is -0.562. The molecule has 1 amide bonds. The summed E-state index contributed by atoms with van der Waals surface area (Å²) in [6.45, 7) is 2.64. The summed E-state index contributed by atoms with van der Waals surface area (Å²) in [5.41, 5.74) is 0. The van der Waals surface area contributed by atoms with Gasteiger partial charge in [-0.2, -0.15) is 11.8 Å². The van der Waals surface area contributed by atoms with Crippen molar-refractivity contribution in [3.63, 3.8) is 0 Å². The first kappa shape index (κ1) is 11.8. The maximum absolute atomic E-state index is 11.3. The van der Waals surface area contributed by atoms with Crippen molar-refractivity contribution >= 4 is 17.7 Å². The summed E-state index contributed by atoms with van der Waals surface area (Å²) in [5.74, 6) is 2.27. The van der Waals surface area contributed by atoms with Crippen LogP contribution in [0.1, 0.15) is 6.42 Å². The highest BCUT2D eigenvalue weighted by Crippen LogP contribution is 2.03. The van der Waals surface area contributed by atoms with E-state index >= 15 is 0 Å². The third-order valence-corrected chi connectivity index (χ3v) is 3.21. The Morgan fingerprint density at radius 1 is 1.50 bits per heavy atom. The Hall–Kier alpha value is -0.260. The maximum Gasteiger partial charge on any atom is 0.225 e. The number of carbonyl (C=O) groups excluding carboxylic acids is 1. The monoisotopic (exact) mass is 218 g/mol. The Kier molecular flexibility index (Phi) is 5.98. The molecule has 82 valence electrons. The normalized spacial score (nSPS) is 16.4. The zero-order chi connectivity index (χ0) is 10.2. The molecule has 4 nitrogen and oxygen atoms in total. The van der Waals surface area contributed by atoms with Gasteiger partial charge in [-0.3, -0.25) is 4.79 Å². The molecule has 1 heterocycles. The molecule has 1 aliphatic rings. The molecule has 1 rings (SSSR count). The van der Waals surface area contributed by atoms with Gasteiger partial charge in [-0.1, -0.05) is 0 Å². The molecule has 0 spiro atoms. The van der Waals surface area contributed by atoms with Crippen LogP contribution in [-0.2, 0) is 4.79 Å². The highest BCUT2D eigenvalue weighted by molar-refractivity contribution is 7.99. The van der Waals surface area contributed by atoms with Crippen molar-refractivity contribution in [2.24, 2.45) is 5.92 Å². The van der Waals surface area contributed by atoms with Gasteiger partial charge in [0.1, 0.15) is 0 Å². The van der Waals surface area contributed by atoms with Crippen LogP contribution in [0.4, 0.5) is 0 Å². The van der Waals surface area contributed by atoms with Gasteiger partial charge in [0.05, 0.1) is 5.92 Å². The molecule has 0 bridgehead atoms. The summed E-state index contributed by atoms with van der Waals surface area (Å²) in [4.78, 5) is 11.3. The molecule has 1 fully saturated rings. The Labute approximate surface area is 88.8 Å². The second kappa shape index (κ2) is 7.09. The fraction of sp³-hybridized carbons (Fsp3) is 0.889. The number of carbonyl (C=O) groups is 1. The van der Waals surface area contributed by atoms with Crippen LogP contribution < -0.4 is 10.6 Å². The molecule has 0 aromatic rings. The quantitative estimate of drug-likeness (QED) is 0.501. The molecule has 3 N–H and O–H groups in total. The first-order valence-electron chi connectivity index (χ1n) is 5.01. The summed E-state index contributed by atoms with van der Waals surface area (Å²) in [6, 6.07) is 0. The third-order valence-electron chi connectivity index (χ3n) is 2.14. The number of aliphatic hydroxyl groups excluding tert-OH is 1. The van der Waals surface area contributed by atoms with Gasteiger partial charge in [0, 0.05) is 32.0 Å². The van der Waals surface area contributed by atoms with E-state index in [0.717, 1.165) is 37.6 Å². The smallest absolute Gasteiger partial charge is 0.225 e. The van der Waals surface area contributed by atoms with Gasteiger partial charge in [0.25, 0.3) is 0 Å². The summed E-state index contributed by atoms with van der Waals surface area (Å²) in [6.07, 6.45) is 0.838. The molecule has 0 aromatic heterocycles. The van der Waals surface area contributed by atoms with E-state index in [1.165, 1.54) is 0 Å². The van der Waals surface area contributed by atoms with Crippen molar-refractivity contribution in [1.82, 2.24) is 10.6 Å². The molecule has 5 heteroatoms. The maximum atomic E-state index is 11.3. The molecular weight excluding hydrogens is 200 g/mol. The summed E-state index contributed by atoms with van der Waals surface area (Å²) >= 11 is 1.77. The van der Waals surface area contributed by atoms with Crippen LogP contribution in [0.25, 0.3) is 0 Å². The van der Waals surface area contributed by atoms with E-state index in [1.807, 2.05) is 0 Å². The zero-order valence-corrected chi connectivity index (χ0v) is 9.11. The molecule has 0 atom stereocenters. The first-order chi connectivity index (χ1) is 6.84. The van der Waals surface area contributed by atoms with E-state index in [9.17, 15) is 4.79 Å². The molecule has 0 aliphatic carbocycles. The van der Waals surface area contributed by atoms with Crippen molar-refractivity contribution in [3.8, 4) is 0 Å². The topological polar surface area (TPSA) is 61.4 Å². The highest BCUT2D eigenvalue weighted by Gasteiger charge is 2.23. The van der Waals surface area contributed by atoms with Crippen LogP contribution in [0.15, 0.2) is 0 Å². The van der Waals surface area contributed by atoms with Crippen LogP contribution in [0, 0.1) is 5.92 Å². The number of aliphatic hydroxyl groups is 1. The number of rotatable bonds is 7. The summed E-state index contributed by atoms with van der Waals surface area (Å²) in [5, 5.41) is 14.5. The van der Waals surface area contributed by atoms with Gasteiger partial charge in [0.15, 0.2) is 0 Å². The molecule has 1 aliphatic heterocycles. The number of hydrogen-bond acceptors (Lipinski definition) is 4. The molecule has 14 heavy (non-hydrogen) atoms. The van der Waals surface area contributed by atoms with Crippen LogP contribution in [0.2, 0.25) is 0 Å². The van der Waals surface area contributed by atoms with E-state index in [2.05, 4.69) is 10.6 Å². The Morgan fingerprint density at radius 2 is 2.29 bits per heavy atom. The van der Waals surface area contributed by atoms with Crippen molar-refractivity contribution in [1.29, 1.82) is 0 Å². The lowest BCUT2D eigenvalue weighted by Gasteiger charge is -2.25. The molecule has 0 aromatic carbocycles. The van der Waals surface area contributed by atoms with Crippen LogP contribution in [-0.4, -0.2) is 48.8 Å². The van der Waals surface area contributed by atoms with Gasteiger partial charge in [-0.05, 0) is 12.2 Å². The van der Waals surface area contributed by atoms with Crippen LogP contribution >= 0.6 is 11.8 Å². The van der Waals surface area contributed by atoms with Crippen molar-refractivity contribution < 1.29 is 9.90 Å². The second-order valence-electron chi connectivity index (χ2n) is 3.34. The van der Waals surface area contributed by atoms with Crippen molar-refractivity contribution in [2.75, 3.05) is 37.7 Å². The van der Waals surface area contributed by atoms with Gasteiger partial charge in [-0.25, -0.2) is 0 Å². The Balaban J connectivity index is 1.85. The molecule has 0 saturated carbocycles. The number of nitrogens with one attached hydrogen (secondary N) is 2. The van der Waals surface area contributed by atoms with Crippen molar-refractivity contribution in [3.05, 3.63) is 0 Å². The molecule has 1 saturated heterocycles. The number of amides is 1. The van der Waals surface area contributed by atoms with E-state index in [4.69, 9.17) is 5.11 Å². The van der Waals surface area contributed by atoms with Gasteiger partial charge in [-0.15, -0.1) is 0 Å². The Bertz CT molecular complexity index is 174. The van der Waals surface area contributed by atoms with Crippen LogP contribution in [0.5, 0.6) is 0 Å². The molecular formula is C9H18N2O2S. The van der Waals surface area contributed by atoms with Gasteiger partial charge >= 0.3 is 0 Å².